The number of thiophene rings is 1. The molecule has 0 aliphatic heterocycles. The second kappa shape index (κ2) is 6.50. The number of nitrogens with one attached hydrogen (secondary N) is 1. The molecule has 0 unspecified atom stereocenters. The Bertz CT molecular complexity index is 613. The molecule has 0 radical (unpaired) electrons. The van der Waals surface area contributed by atoms with Gasteiger partial charge in [0.05, 0.1) is 11.7 Å². The molecule has 4 nitrogen and oxygen atoms in total. The van der Waals surface area contributed by atoms with E-state index >= 15 is 0 Å². The van der Waals surface area contributed by atoms with Crippen LogP contribution in [0.3, 0.4) is 0 Å². The zero-order chi connectivity index (χ0) is 13.8. The first-order valence-corrected chi connectivity index (χ1v) is 8.38. The number of hydrogen-bond acceptors (Lipinski definition) is 4. The molecule has 3 rings (SSSR count). The van der Waals surface area contributed by atoms with Crippen molar-refractivity contribution < 1.29 is 0 Å². The molecule has 0 aromatic carbocycles. The van der Waals surface area contributed by atoms with Gasteiger partial charge in [0.1, 0.15) is 4.83 Å². The lowest BCUT2D eigenvalue weighted by molar-refractivity contribution is 0.368. The molecule has 2 aromatic heterocycles. The summed E-state index contributed by atoms with van der Waals surface area (Å²) in [5, 5.41) is 6.28. The number of hydrogen-bond donors (Lipinski definition) is 1. The van der Waals surface area contributed by atoms with Gasteiger partial charge >= 0.3 is 0 Å². The molecule has 1 N–H and O–H groups in total. The van der Waals surface area contributed by atoms with Gasteiger partial charge in [-0.05, 0) is 37.3 Å². The fraction of sp³-hybridized carbons (Fsp3) is 0.600. The van der Waals surface area contributed by atoms with E-state index in [-0.39, 0.29) is 5.56 Å². The highest BCUT2D eigenvalue weighted by Crippen LogP contribution is 2.17. The molecule has 2 aromatic rings. The van der Waals surface area contributed by atoms with Crippen molar-refractivity contribution in [3.63, 3.8) is 0 Å². The van der Waals surface area contributed by atoms with Gasteiger partial charge in [0.25, 0.3) is 5.56 Å². The van der Waals surface area contributed by atoms with Gasteiger partial charge in [-0.2, -0.15) is 0 Å². The van der Waals surface area contributed by atoms with E-state index in [0.29, 0.717) is 6.04 Å². The summed E-state index contributed by atoms with van der Waals surface area (Å²) in [5.74, 6) is 0. The summed E-state index contributed by atoms with van der Waals surface area (Å²) in [6.45, 7) is 1.73. The topological polar surface area (TPSA) is 46.9 Å². The number of fused-ring (bicyclic) bond motifs is 1. The van der Waals surface area contributed by atoms with Crippen LogP contribution in [0, 0.1) is 0 Å². The maximum absolute atomic E-state index is 12.2. The van der Waals surface area contributed by atoms with Crippen molar-refractivity contribution in [1.82, 2.24) is 14.9 Å². The highest BCUT2D eigenvalue weighted by atomic mass is 32.1. The van der Waals surface area contributed by atoms with E-state index in [9.17, 15) is 4.79 Å². The van der Waals surface area contributed by atoms with Gasteiger partial charge in [-0.15, -0.1) is 11.3 Å². The first-order valence-electron chi connectivity index (χ1n) is 7.50. The molecule has 0 saturated heterocycles. The third-order valence-electron chi connectivity index (χ3n) is 4.06. The van der Waals surface area contributed by atoms with E-state index in [1.807, 2.05) is 11.4 Å². The van der Waals surface area contributed by atoms with E-state index in [2.05, 4.69) is 10.3 Å². The summed E-state index contributed by atoms with van der Waals surface area (Å²) < 4.78 is 1.73. The largest absolute Gasteiger partial charge is 0.314 e. The van der Waals surface area contributed by atoms with Gasteiger partial charge in [-0.25, -0.2) is 4.98 Å². The van der Waals surface area contributed by atoms with Gasteiger partial charge < -0.3 is 5.32 Å². The summed E-state index contributed by atoms with van der Waals surface area (Å²) in [4.78, 5) is 17.4. The number of aromatic nitrogens is 2. The van der Waals surface area contributed by atoms with Crippen LogP contribution in [0.25, 0.3) is 10.2 Å². The van der Waals surface area contributed by atoms with Crippen molar-refractivity contribution in [2.45, 2.75) is 51.1 Å². The molecular formula is C15H21N3OS. The van der Waals surface area contributed by atoms with Gasteiger partial charge in [0, 0.05) is 12.6 Å². The molecule has 108 valence electrons. The Kier molecular flexibility index (Phi) is 4.47. The van der Waals surface area contributed by atoms with E-state index in [0.717, 1.165) is 29.7 Å². The molecule has 0 spiro atoms. The van der Waals surface area contributed by atoms with Crippen LogP contribution < -0.4 is 10.9 Å². The SMILES string of the molecule is O=c1c2ccsc2ncn1CCCNC1CCCCC1. The Morgan fingerprint density at radius 3 is 3.05 bits per heavy atom. The zero-order valence-corrected chi connectivity index (χ0v) is 12.5. The second-order valence-corrected chi connectivity index (χ2v) is 6.42. The Balaban J connectivity index is 1.52. The predicted octanol–water partition coefficient (Wildman–Crippen LogP) is 2.77. The summed E-state index contributed by atoms with van der Waals surface area (Å²) in [6.07, 6.45) is 9.38. The molecular weight excluding hydrogens is 270 g/mol. The second-order valence-electron chi connectivity index (χ2n) is 5.53. The highest BCUT2D eigenvalue weighted by Gasteiger charge is 2.12. The number of rotatable bonds is 5. The molecule has 2 heterocycles. The molecule has 20 heavy (non-hydrogen) atoms. The minimum Gasteiger partial charge on any atom is -0.314 e. The lowest BCUT2D eigenvalue weighted by Crippen LogP contribution is -2.32. The van der Waals surface area contributed by atoms with Crippen LogP contribution in [-0.2, 0) is 6.54 Å². The Hall–Kier alpha value is -1.20. The average molecular weight is 291 g/mol. The van der Waals surface area contributed by atoms with Crippen molar-refractivity contribution in [2.75, 3.05) is 6.54 Å². The monoisotopic (exact) mass is 291 g/mol. The smallest absolute Gasteiger partial charge is 0.262 e. The van der Waals surface area contributed by atoms with Crippen LogP contribution in [0.2, 0.25) is 0 Å². The molecule has 5 heteroatoms. The summed E-state index contributed by atoms with van der Waals surface area (Å²) in [6, 6.07) is 2.56. The van der Waals surface area contributed by atoms with Crippen LogP contribution >= 0.6 is 11.3 Å². The number of aryl methyl sites for hydroxylation is 1. The maximum Gasteiger partial charge on any atom is 0.262 e. The van der Waals surface area contributed by atoms with Crippen molar-refractivity contribution in [1.29, 1.82) is 0 Å². The van der Waals surface area contributed by atoms with Gasteiger partial charge in [-0.1, -0.05) is 19.3 Å². The number of nitrogens with zero attached hydrogens (tertiary/aromatic N) is 2. The summed E-state index contributed by atoms with van der Waals surface area (Å²) in [5.41, 5.74) is 0.0916. The van der Waals surface area contributed by atoms with Crippen molar-refractivity contribution in [2.24, 2.45) is 0 Å². The van der Waals surface area contributed by atoms with Crippen molar-refractivity contribution in [3.05, 3.63) is 28.1 Å². The Labute approximate surface area is 122 Å². The quantitative estimate of drug-likeness (QED) is 0.862. The molecule has 0 amide bonds. The van der Waals surface area contributed by atoms with E-state index in [1.165, 1.54) is 43.4 Å². The van der Waals surface area contributed by atoms with Crippen molar-refractivity contribution >= 4 is 21.6 Å². The van der Waals surface area contributed by atoms with Gasteiger partial charge in [-0.3, -0.25) is 9.36 Å². The first-order chi connectivity index (χ1) is 9.84. The van der Waals surface area contributed by atoms with E-state index in [1.54, 1.807) is 10.9 Å². The Morgan fingerprint density at radius 1 is 1.35 bits per heavy atom. The first kappa shape index (κ1) is 13.8. The fourth-order valence-electron chi connectivity index (χ4n) is 2.91. The standard InChI is InChI=1S/C15H21N3OS/c19-15-13-7-10-20-14(13)17-11-18(15)9-4-8-16-12-5-2-1-3-6-12/h7,10-12,16H,1-6,8-9H2. The minimum absolute atomic E-state index is 0.0916. The summed E-state index contributed by atoms with van der Waals surface area (Å²) >= 11 is 1.52. The van der Waals surface area contributed by atoms with E-state index < -0.39 is 0 Å². The molecule has 0 atom stereocenters. The highest BCUT2D eigenvalue weighted by molar-refractivity contribution is 7.16. The van der Waals surface area contributed by atoms with Crippen LogP contribution in [0.5, 0.6) is 0 Å². The maximum atomic E-state index is 12.2. The molecule has 1 aliphatic rings. The van der Waals surface area contributed by atoms with Crippen molar-refractivity contribution in [3.8, 4) is 0 Å². The molecule has 1 aliphatic carbocycles. The zero-order valence-electron chi connectivity index (χ0n) is 11.7. The third-order valence-corrected chi connectivity index (χ3v) is 4.89. The van der Waals surface area contributed by atoms with Crippen LogP contribution in [0.4, 0.5) is 0 Å². The lowest BCUT2D eigenvalue weighted by atomic mass is 9.95. The average Bonchev–Trinajstić information content (AvgIpc) is 2.96. The lowest BCUT2D eigenvalue weighted by Gasteiger charge is -2.22. The fourth-order valence-corrected chi connectivity index (χ4v) is 3.64. The Morgan fingerprint density at radius 2 is 2.20 bits per heavy atom. The van der Waals surface area contributed by atoms with Crippen LogP contribution in [-0.4, -0.2) is 22.1 Å². The van der Waals surface area contributed by atoms with Gasteiger partial charge in [0.2, 0.25) is 0 Å². The molecule has 1 fully saturated rings. The minimum atomic E-state index is 0.0916. The summed E-state index contributed by atoms with van der Waals surface area (Å²) in [7, 11) is 0. The van der Waals surface area contributed by atoms with Gasteiger partial charge in [0.15, 0.2) is 0 Å². The van der Waals surface area contributed by atoms with Crippen LogP contribution in [0.1, 0.15) is 38.5 Å². The van der Waals surface area contributed by atoms with Crippen LogP contribution in [0.15, 0.2) is 22.6 Å². The van der Waals surface area contributed by atoms with E-state index in [4.69, 9.17) is 0 Å². The normalized spacial score (nSPS) is 16.8. The molecule has 1 saturated carbocycles. The molecule has 0 bridgehead atoms. The predicted molar refractivity (Wildman–Crippen MR) is 83.4 cm³/mol. The third kappa shape index (κ3) is 3.10.